The van der Waals surface area contributed by atoms with Gasteiger partial charge in [0.05, 0.1) is 6.10 Å². The molecule has 1 aliphatic rings. The first-order valence-electron chi connectivity index (χ1n) is 5.82. The van der Waals surface area contributed by atoms with Crippen molar-refractivity contribution < 1.29 is 22.7 Å². The maximum Gasteiger partial charge on any atom is 0.287 e. The van der Waals surface area contributed by atoms with Gasteiger partial charge in [0.1, 0.15) is 0 Å². The molecule has 1 saturated carbocycles. The molecule has 2 rings (SSSR count). The highest BCUT2D eigenvalue weighted by Gasteiger charge is 2.30. The summed E-state index contributed by atoms with van der Waals surface area (Å²) in [6, 6.07) is 2.49. The fourth-order valence-electron chi connectivity index (χ4n) is 1.72. The normalized spacial score (nSPS) is 23.2. The molecule has 0 aliphatic heterocycles. The van der Waals surface area contributed by atoms with Gasteiger partial charge in [0, 0.05) is 20.1 Å². The van der Waals surface area contributed by atoms with Crippen molar-refractivity contribution in [1.82, 2.24) is 9.62 Å². The molecular formula is C11H16N2O5S. The van der Waals surface area contributed by atoms with Gasteiger partial charge in [-0.1, -0.05) is 0 Å². The predicted molar refractivity (Wildman–Crippen MR) is 66.1 cm³/mol. The van der Waals surface area contributed by atoms with E-state index < -0.39 is 15.9 Å². The van der Waals surface area contributed by atoms with Crippen LogP contribution in [0.25, 0.3) is 0 Å². The molecule has 19 heavy (non-hydrogen) atoms. The lowest BCUT2D eigenvalue weighted by Crippen LogP contribution is -2.46. The lowest BCUT2D eigenvalue weighted by atomic mass is 9.89. The first kappa shape index (κ1) is 14.0. The maximum atomic E-state index is 11.8. The van der Waals surface area contributed by atoms with Gasteiger partial charge in [0.25, 0.3) is 15.9 Å². The molecule has 0 unspecified atom stereocenters. The Hall–Kier alpha value is -1.38. The molecule has 1 aromatic rings. The Morgan fingerprint density at radius 3 is 2.58 bits per heavy atom. The number of hydrogen-bond donors (Lipinski definition) is 2. The number of carbonyl (C=O) groups excluding carboxylic acids is 1. The first-order valence-corrected chi connectivity index (χ1v) is 7.26. The van der Waals surface area contributed by atoms with Gasteiger partial charge in [-0.15, -0.1) is 0 Å². The van der Waals surface area contributed by atoms with Gasteiger partial charge >= 0.3 is 0 Å². The van der Waals surface area contributed by atoms with E-state index in [9.17, 15) is 13.2 Å². The van der Waals surface area contributed by atoms with Crippen molar-refractivity contribution in [2.75, 3.05) is 14.1 Å². The first-order chi connectivity index (χ1) is 8.80. The smallest absolute Gasteiger partial charge is 0.287 e. The number of hydrogen-bond acceptors (Lipinski definition) is 5. The maximum absolute atomic E-state index is 11.8. The monoisotopic (exact) mass is 288 g/mol. The molecule has 1 amide bonds. The number of sulfonamides is 1. The molecule has 2 N–H and O–H groups in total. The highest BCUT2D eigenvalue weighted by atomic mass is 32.2. The molecule has 0 aromatic carbocycles. The highest BCUT2D eigenvalue weighted by Crippen LogP contribution is 2.21. The number of carbonyl (C=O) groups is 1. The van der Waals surface area contributed by atoms with Gasteiger partial charge in [-0.2, -0.15) is 0 Å². The van der Waals surface area contributed by atoms with E-state index in [0.29, 0.717) is 12.8 Å². The minimum absolute atomic E-state index is 0.0539. The average molecular weight is 288 g/mol. The molecule has 1 heterocycles. The van der Waals surface area contributed by atoms with Crippen molar-refractivity contribution in [2.45, 2.75) is 30.1 Å². The van der Waals surface area contributed by atoms with Crippen LogP contribution in [0.3, 0.4) is 0 Å². The lowest BCUT2D eigenvalue weighted by Gasteiger charge is -2.31. The summed E-state index contributed by atoms with van der Waals surface area (Å²) in [6.07, 6.45) is 0.650. The van der Waals surface area contributed by atoms with Gasteiger partial charge in [-0.05, 0) is 25.0 Å². The molecule has 106 valence electrons. The van der Waals surface area contributed by atoms with Crippen LogP contribution in [0.4, 0.5) is 0 Å². The summed E-state index contributed by atoms with van der Waals surface area (Å²) in [4.78, 5) is 11.8. The zero-order chi connectivity index (χ0) is 14.2. The van der Waals surface area contributed by atoms with Crippen LogP contribution in [0.1, 0.15) is 23.4 Å². The van der Waals surface area contributed by atoms with E-state index in [0.717, 1.165) is 4.31 Å². The van der Waals surface area contributed by atoms with Crippen molar-refractivity contribution in [3.8, 4) is 0 Å². The SMILES string of the molecule is CN(C)S(=O)(=O)c1ccc(C(=O)NC2CC(O)C2)o1. The molecule has 0 radical (unpaired) electrons. The molecule has 0 saturated heterocycles. The molecule has 8 heteroatoms. The van der Waals surface area contributed by atoms with Gasteiger partial charge in [-0.25, -0.2) is 12.7 Å². The third-order valence-electron chi connectivity index (χ3n) is 2.99. The van der Waals surface area contributed by atoms with Crippen LogP contribution in [0.15, 0.2) is 21.6 Å². The van der Waals surface area contributed by atoms with Crippen LogP contribution in [0.5, 0.6) is 0 Å². The molecule has 7 nitrogen and oxygen atoms in total. The summed E-state index contributed by atoms with van der Waals surface area (Å²) < 4.78 is 29.6. The molecule has 1 fully saturated rings. The van der Waals surface area contributed by atoms with Crippen LogP contribution in [-0.4, -0.2) is 50.0 Å². The van der Waals surface area contributed by atoms with Crippen LogP contribution in [0.2, 0.25) is 0 Å². The quantitative estimate of drug-likeness (QED) is 0.798. The number of nitrogens with one attached hydrogen (secondary N) is 1. The third kappa shape index (κ3) is 2.80. The number of amides is 1. The second kappa shape index (κ2) is 4.95. The fourth-order valence-corrected chi connectivity index (χ4v) is 2.52. The Morgan fingerprint density at radius 1 is 1.42 bits per heavy atom. The molecule has 0 spiro atoms. The van der Waals surface area contributed by atoms with E-state index >= 15 is 0 Å². The Balaban J connectivity index is 2.07. The topological polar surface area (TPSA) is 99.9 Å². The highest BCUT2D eigenvalue weighted by molar-refractivity contribution is 7.88. The largest absolute Gasteiger partial charge is 0.438 e. The number of nitrogens with zero attached hydrogens (tertiary/aromatic N) is 1. The summed E-state index contributed by atoms with van der Waals surface area (Å²) >= 11 is 0. The molecule has 1 aromatic heterocycles. The Labute approximate surface area is 111 Å². The zero-order valence-electron chi connectivity index (χ0n) is 10.7. The fraction of sp³-hybridized carbons (Fsp3) is 0.545. The summed E-state index contributed by atoms with van der Waals surface area (Å²) in [5.41, 5.74) is 0. The molecular weight excluding hydrogens is 272 g/mol. The summed E-state index contributed by atoms with van der Waals surface area (Å²) in [5, 5.41) is 11.5. The number of furan rings is 1. The van der Waals surface area contributed by atoms with E-state index in [1.807, 2.05) is 0 Å². The van der Waals surface area contributed by atoms with Gasteiger partial charge in [-0.3, -0.25) is 4.79 Å². The minimum Gasteiger partial charge on any atom is -0.438 e. The molecule has 0 atom stereocenters. The van der Waals surface area contributed by atoms with Crippen molar-refractivity contribution in [3.05, 3.63) is 17.9 Å². The van der Waals surface area contributed by atoms with Crippen LogP contribution >= 0.6 is 0 Å². The van der Waals surface area contributed by atoms with E-state index in [-0.39, 0.29) is 23.0 Å². The van der Waals surface area contributed by atoms with Crippen LogP contribution in [0, 0.1) is 0 Å². The zero-order valence-corrected chi connectivity index (χ0v) is 11.5. The van der Waals surface area contributed by atoms with Gasteiger partial charge in [0.2, 0.25) is 5.09 Å². The Kier molecular flexibility index (Phi) is 3.66. The lowest BCUT2D eigenvalue weighted by molar-refractivity contribution is 0.0549. The molecule has 0 bridgehead atoms. The second-order valence-corrected chi connectivity index (χ2v) is 6.78. The van der Waals surface area contributed by atoms with E-state index in [2.05, 4.69) is 5.32 Å². The van der Waals surface area contributed by atoms with Crippen molar-refractivity contribution in [2.24, 2.45) is 0 Å². The summed E-state index contributed by atoms with van der Waals surface area (Å²) in [5.74, 6) is -0.529. The second-order valence-electron chi connectivity index (χ2n) is 4.70. The van der Waals surface area contributed by atoms with E-state index in [1.54, 1.807) is 0 Å². The van der Waals surface area contributed by atoms with Crippen LogP contribution < -0.4 is 5.32 Å². The number of rotatable bonds is 4. The van der Waals surface area contributed by atoms with Gasteiger partial charge < -0.3 is 14.8 Å². The standard InChI is InChI=1S/C11H16N2O5S/c1-13(2)19(16,17)10-4-3-9(18-10)11(15)12-7-5-8(14)6-7/h3-4,7-8,14H,5-6H2,1-2H3,(H,12,15). The van der Waals surface area contributed by atoms with E-state index in [4.69, 9.17) is 9.52 Å². The number of aliphatic hydroxyl groups excluding tert-OH is 1. The van der Waals surface area contributed by atoms with Crippen molar-refractivity contribution in [3.63, 3.8) is 0 Å². The summed E-state index contributed by atoms with van der Waals surface area (Å²) in [7, 11) is -0.907. The number of aliphatic hydroxyl groups is 1. The third-order valence-corrected chi connectivity index (χ3v) is 4.68. The van der Waals surface area contributed by atoms with Crippen LogP contribution in [-0.2, 0) is 10.0 Å². The van der Waals surface area contributed by atoms with Crippen molar-refractivity contribution in [1.29, 1.82) is 0 Å². The minimum atomic E-state index is -3.67. The predicted octanol–water partition coefficient (Wildman–Crippen LogP) is -0.217. The Morgan fingerprint density at radius 2 is 2.05 bits per heavy atom. The van der Waals surface area contributed by atoms with Crippen molar-refractivity contribution >= 4 is 15.9 Å². The van der Waals surface area contributed by atoms with Gasteiger partial charge in [0.15, 0.2) is 5.76 Å². The average Bonchev–Trinajstić information content (AvgIpc) is 2.76. The summed E-state index contributed by atoms with van der Waals surface area (Å²) in [6.45, 7) is 0. The molecule has 1 aliphatic carbocycles. The van der Waals surface area contributed by atoms with E-state index in [1.165, 1.54) is 26.2 Å². The Bertz CT molecular complexity index is 572.